The van der Waals surface area contributed by atoms with Gasteiger partial charge >= 0.3 is 0 Å². The number of pyridine rings is 1. The Kier molecular flexibility index (Phi) is 6.60. The summed E-state index contributed by atoms with van der Waals surface area (Å²) >= 11 is 0. The number of hydrogen-bond acceptors (Lipinski definition) is 2. The van der Waals surface area contributed by atoms with Crippen molar-refractivity contribution in [3.63, 3.8) is 0 Å². The SMILES string of the molecule is c1ccc(-c2ccc(N(c3ccc(-c4ccccn4)cc3)c3cccc(-c4ccc5c(c4)C4c6ccccc6-c6cccc-5c64)c3)cc2)cc1. The number of nitrogens with zero attached hydrogens (tertiary/aromatic N) is 2. The van der Waals surface area contributed by atoms with Gasteiger partial charge in [0.2, 0.25) is 0 Å². The van der Waals surface area contributed by atoms with Gasteiger partial charge in [-0.2, -0.15) is 0 Å². The smallest absolute Gasteiger partial charge is 0.0701 e. The lowest BCUT2D eigenvalue weighted by atomic mass is 9.90. The van der Waals surface area contributed by atoms with Gasteiger partial charge in [-0.25, -0.2) is 0 Å². The van der Waals surface area contributed by atoms with E-state index in [0.29, 0.717) is 0 Å². The monoisotopic (exact) mass is 636 g/mol. The van der Waals surface area contributed by atoms with Gasteiger partial charge in [-0.1, -0.05) is 127 Å². The molecule has 50 heavy (non-hydrogen) atoms. The Morgan fingerprint density at radius 2 is 0.940 bits per heavy atom. The molecule has 2 aliphatic carbocycles. The summed E-state index contributed by atoms with van der Waals surface area (Å²) in [6.07, 6.45) is 1.84. The zero-order chi connectivity index (χ0) is 33.0. The highest BCUT2D eigenvalue weighted by Gasteiger charge is 2.38. The molecule has 0 bridgehead atoms. The molecule has 1 aromatic heterocycles. The fourth-order valence-electron chi connectivity index (χ4n) is 8.07. The Morgan fingerprint density at radius 3 is 1.70 bits per heavy atom. The van der Waals surface area contributed by atoms with E-state index in [1.165, 1.54) is 61.2 Å². The van der Waals surface area contributed by atoms with Crippen molar-refractivity contribution < 1.29 is 0 Å². The van der Waals surface area contributed by atoms with Crippen LogP contribution in [0.2, 0.25) is 0 Å². The van der Waals surface area contributed by atoms with E-state index in [1.54, 1.807) is 0 Å². The number of anilines is 3. The van der Waals surface area contributed by atoms with Gasteiger partial charge in [0.15, 0.2) is 0 Å². The minimum absolute atomic E-state index is 0.285. The first-order chi connectivity index (χ1) is 24.8. The van der Waals surface area contributed by atoms with Crippen LogP contribution in [0.3, 0.4) is 0 Å². The van der Waals surface area contributed by atoms with Gasteiger partial charge in [0.25, 0.3) is 0 Å². The van der Waals surface area contributed by atoms with Crippen LogP contribution in [0.4, 0.5) is 17.1 Å². The van der Waals surface area contributed by atoms with Gasteiger partial charge in [-0.3, -0.25) is 4.98 Å². The van der Waals surface area contributed by atoms with Gasteiger partial charge in [0.05, 0.1) is 5.69 Å². The third-order valence-electron chi connectivity index (χ3n) is 10.4. The van der Waals surface area contributed by atoms with Crippen molar-refractivity contribution in [1.82, 2.24) is 4.98 Å². The second kappa shape index (κ2) is 11.6. The molecule has 0 radical (unpaired) electrons. The molecule has 234 valence electrons. The van der Waals surface area contributed by atoms with Crippen LogP contribution in [-0.2, 0) is 0 Å². The van der Waals surface area contributed by atoms with E-state index >= 15 is 0 Å². The summed E-state index contributed by atoms with van der Waals surface area (Å²) in [5, 5.41) is 0. The normalized spacial score (nSPS) is 13.4. The van der Waals surface area contributed by atoms with Crippen molar-refractivity contribution in [2.45, 2.75) is 5.92 Å². The van der Waals surface area contributed by atoms with E-state index in [1.807, 2.05) is 18.3 Å². The summed E-state index contributed by atoms with van der Waals surface area (Å²) < 4.78 is 0. The highest BCUT2D eigenvalue weighted by molar-refractivity contribution is 5.95. The predicted molar refractivity (Wildman–Crippen MR) is 207 cm³/mol. The van der Waals surface area contributed by atoms with Gasteiger partial charge in [0, 0.05) is 34.7 Å². The summed E-state index contributed by atoms with van der Waals surface area (Å²) in [7, 11) is 0. The average Bonchev–Trinajstić information content (AvgIpc) is 3.72. The summed E-state index contributed by atoms with van der Waals surface area (Å²) in [6, 6.07) is 66.0. The summed E-state index contributed by atoms with van der Waals surface area (Å²) in [6.45, 7) is 0. The third kappa shape index (κ3) is 4.61. The van der Waals surface area contributed by atoms with Crippen LogP contribution < -0.4 is 4.90 Å². The molecule has 1 atom stereocenters. The number of benzene rings is 7. The predicted octanol–water partition coefficient (Wildman–Crippen LogP) is 12.7. The third-order valence-corrected chi connectivity index (χ3v) is 10.4. The van der Waals surface area contributed by atoms with Crippen LogP contribution in [0, 0.1) is 0 Å². The maximum Gasteiger partial charge on any atom is 0.0701 e. The van der Waals surface area contributed by atoms with Crippen molar-refractivity contribution in [2.24, 2.45) is 0 Å². The standard InChI is InChI=1S/C48H32N2/c1-2-10-32(11-3-1)33-19-24-37(25-20-33)50(38-26-21-34(22-27-38)46-18-6-7-29-49-46)39-13-8-12-35(30-39)36-23-28-41-44-17-9-16-43-40-14-4-5-15-42(40)48(47(43)44)45(41)31-36/h1-31,48H. The molecular formula is C48H32N2. The molecule has 0 fully saturated rings. The van der Waals surface area contributed by atoms with Crippen LogP contribution in [0.25, 0.3) is 55.8 Å². The van der Waals surface area contributed by atoms with Gasteiger partial charge < -0.3 is 4.90 Å². The molecule has 0 amide bonds. The number of aromatic nitrogens is 1. The number of hydrogen-bond donors (Lipinski definition) is 0. The zero-order valence-electron chi connectivity index (χ0n) is 27.4. The first kappa shape index (κ1) is 28.5. The van der Waals surface area contributed by atoms with Gasteiger partial charge in [-0.05, 0) is 116 Å². The van der Waals surface area contributed by atoms with E-state index in [0.717, 1.165) is 28.3 Å². The van der Waals surface area contributed by atoms with E-state index in [4.69, 9.17) is 0 Å². The van der Waals surface area contributed by atoms with Crippen LogP contribution in [0.15, 0.2) is 188 Å². The number of fused-ring (bicyclic) bond motifs is 6. The Hall–Kier alpha value is -6.51. The molecule has 2 nitrogen and oxygen atoms in total. The van der Waals surface area contributed by atoms with Crippen LogP contribution in [-0.4, -0.2) is 4.98 Å². The highest BCUT2D eigenvalue weighted by Crippen LogP contribution is 2.58. The van der Waals surface area contributed by atoms with Crippen molar-refractivity contribution >= 4 is 17.1 Å². The first-order valence-corrected chi connectivity index (χ1v) is 17.2. The maximum atomic E-state index is 4.58. The number of rotatable bonds is 6. The Balaban J connectivity index is 1.06. The van der Waals surface area contributed by atoms with Crippen molar-refractivity contribution in [2.75, 3.05) is 4.90 Å². The van der Waals surface area contributed by atoms with E-state index in [9.17, 15) is 0 Å². The summed E-state index contributed by atoms with van der Waals surface area (Å²) in [5.74, 6) is 0.285. The quantitative estimate of drug-likeness (QED) is 0.181. The minimum Gasteiger partial charge on any atom is -0.310 e. The van der Waals surface area contributed by atoms with Crippen molar-refractivity contribution in [1.29, 1.82) is 0 Å². The lowest BCUT2D eigenvalue weighted by molar-refractivity contribution is 1.06. The van der Waals surface area contributed by atoms with Crippen LogP contribution >= 0.6 is 0 Å². The Morgan fingerprint density at radius 1 is 0.360 bits per heavy atom. The van der Waals surface area contributed by atoms with E-state index < -0.39 is 0 Å². The Labute approximate surface area is 292 Å². The average molecular weight is 637 g/mol. The molecule has 7 aromatic carbocycles. The van der Waals surface area contributed by atoms with Crippen LogP contribution in [0.5, 0.6) is 0 Å². The second-order valence-corrected chi connectivity index (χ2v) is 13.1. The zero-order valence-corrected chi connectivity index (χ0v) is 27.4. The summed E-state index contributed by atoms with van der Waals surface area (Å²) in [5.41, 5.74) is 20.0. The molecule has 8 aromatic rings. The topological polar surface area (TPSA) is 16.1 Å². The second-order valence-electron chi connectivity index (χ2n) is 13.1. The fraction of sp³-hybridized carbons (Fsp3) is 0.0208. The molecule has 10 rings (SSSR count). The van der Waals surface area contributed by atoms with E-state index in [-0.39, 0.29) is 5.92 Å². The van der Waals surface area contributed by atoms with Gasteiger partial charge in [0.1, 0.15) is 0 Å². The van der Waals surface area contributed by atoms with Crippen LogP contribution in [0.1, 0.15) is 22.6 Å². The van der Waals surface area contributed by atoms with Crippen molar-refractivity contribution in [3.8, 4) is 55.8 Å². The molecule has 0 aliphatic heterocycles. The molecule has 0 spiro atoms. The molecule has 0 saturated carbocycles. The first-order valence-electron chi connectivity index (χ1n) is 17.2. The Bertz CT molecular complexity index is 2430. The molecule has 2 heteroatoms. The molecule has 1 unspecified atom stereocenters. The molecule has 0 N–H and O–H groups in total. The molecule has 2 aliphatic rings. The molecular weight excluding hydrogens is 605 g/mol. The minimum atomic E-state index is 0.285. The van der Waals surface area contributed by atoms with E-state index in [2.05, 4.69) is 180 Å². The molecule has 1 heterocycles. The lowest BCUT2D eigenvalue weighted by Gasteiger charge is -2.26. The lowest BCUT2D eigenvalue weighted by Crippen LogP contribution is -2.10. The molecule has 0 saturated heterocycles. The summed E-state index contributed by atoms with van der Waals surface area (Å²) in [4.78, 5) is 6.93. The van der Waals surface area contributed by atoms with Gasteiger partial charge in [-0.15, -0.1) is 0 Å². The van der Waals surface area contributed by atoms with Crippen molar-refractivity contribution in [3.05, 3.63) is 205 Å². The highest BCUT2D eigenvalue weighted by atomic mass is 15.1. The fourth-order valence-corrected chi connectivity index (χ4v) is 8.07. The largest absolute Gasteiger partial charge is 0.310 e. The maximum absolute atomic E-state index is 4.58.